The molecule has 2 heterocycles. The zero-order chi connectivity index (χ0) is 21.5. The van der Waals surface area contributed by atoms with E-state index in [0.717, 1.165) is 30.9 Å². The summed E-state index contributed by atoms with van der Waals surface area (Å²) in [5.74, 6) is -0.364. The zero-order valence-corrected chi connectivity index (χ0v) is 17.0. The highest BCUT2D eigenvalue weighted by Gasteiger charge is 2.42. The fourth-order valence-electron chi connectivity index (χ4n) is 3.70. The van der Waals surface area contributed by atoms with Crippen LogP contribution < -0.4 is 14.7 Å². The molecular formula is C21H20F3N3O2S. The lowest BCUT2D eigenvalue weighted by atomic mass is 10.2. The average molecular weight is 435 g/mol. The first-order valence-electron chi connectivity index (χ1n) is 9.54. The number of carbonyl (C=O) groups excluding carboxylic acids is 1. The minimum Gasteiger partial charge on any atom is -0.378 e. The Balaban J connectivity index is 1.60. The van der Waals surface area contributed by atoms with Crippen molar-refractivity contribution >= 4 is 40.3 Å². The molecule has 30 heavy (non-hydrogen) atoms. The van der Waals surface area contributed by atoms with E-state index in [4.69, 9.17) is 17.0 Å². The van der Waals surface area contributed by atoms with Gasteiger partial charge < -0.3 is 14.5 Å². The van der Waals surface area contributed by atoms with E-state index in [9.17, 15) is 18.0 Å². The third-order valence-corrected chi connectivity index (χ3v) is 5.68. The van der Waals surface area contributed by atoms with Crippen molar-refractivity contribution in [2.45, 2.75) is 19.1 Å². The predicted molar refractivity (Wildman–Crippen MR) is 113 cm³/mol. The number of benzene rings is 2. The minimum absolute atomic E-state index is 0.110. The monoisotopic (exact) mass is 435 g/mol. The molecule has 4 rings (SSSR count). The van der Waals surface area contributed by atoms with Gasteiger partial charge in [-0.2, -0.15) is 13.2 Å². The first kappa shape index (κ1) is 20.6. The van der Waals surface area contributed by atoms with Crippen molar-refractivity contribution in [3.8, 4) is 0 Å². The van der Waals surface area contributed by atoms with Gasteiger partial charge >= 0.3 is 6.18 Å². The molecule has 1 unspecified atom stereocenters. The third-order valence-electron chi connectivity index (χ3n) is 5.30. The summed E-state index contributed by atoms with van der Waals surface area (Å²) in [6.07, 6.45) is -4.50. The molecule has 5 nitrogen and oxygen atoms in total. The van der Waals surface area contributed by atoms with Gasteiger partial charge in [-0.25, -0.2) is 0 Å². The van der Waals surface area contributed by atoms with Crippen LogP contribution in [0.4, 0.5) is 30.2 Å². The van der Waals surface area contributed by atoms with Gasteiger partial charge in [0.2, 0.25) is 0 Å². The van der Waals surface area contributed by atoms with Crippen molar-refractivity contribution in [1.82, 2.24) is 0 Å². The number of alkyl halides is 3. The van der Waals surface area contributed by atoms with Gasteiger partial charge in [0.25, 0.3) is 5.91 Å². The van der Waals surface area contributed by atoms with E-state index in [-0.39, 0.29) is 16.7 Å². The number of ether oxygens (including phenoxy) is 1. The highest BCUT2D eigenvalue weighted by Crippen LogP contribution is 2.35. The number of carbonyl (C=O) groups is 1. The van der Waals surface area contributed by atoms with Gasteiger partial charge in [0, 0.05) is 24.5 Å². The summed E-state index contributed by atoms with van der Waals surface area (Å²) in [6, 6.07) is 11.7. The van der Waals surface area contributed by atoms with Gasteiger partial charge in [-0.15, -0.1) is 0 Å². The van der Waals surface area contributed by atoms with Gasteiger partial charge in [-0.3, -0.25) is 9.69 Å². The van der Waals surface area contributed by atoms with Crippen molar-refractivity contribution in [3.63, 3.8) is 0 Å². The minimum atomic E-state index is -4.50. The van der Waals surface area contributed by atoms with E-state index in [2.05, 4.69) is 4.90 Å². The van der Waals surface area contributed by atoms with Crippen LogP contribution in [0.2, 0.25) is 0 Å². The van der Waals surface area contributed by atoms with E-state index in [1.165, 1.54) is 17.0 Å². The second kappa shape index (κ2) is 7.88. The SMILES string of the molecule is CC1C(=O)N(c2cccc(C(F)(F)F)c2)C(=S)N1c1ccc(N2CCOCC2)cc1. The Labute approximate surface area is 177 Å². The molecule has 2 fully saturated rings. The molecule has 0 spiro atoms. The maximum absolute atomic E-state index is 13.1. The number of amides is 1. The van der Waals surface area contributed by atoms with Crippen LogP contribution in [0.5, 0.6) is 0 Å². The molecule has 2 aliphatic rings. The van der Waals surface area contributed by atoms with Crippen LogP contribution in [-0.4, -0.2) is 43.4 Å². The van der Waals surface area contributed by atoms with Gasteiger partial charge in [-0.05, 0) is 61.6 Å². The number of nitrogens with zero attached hydrogens (tertiary/aromatic N) is 3. The fraction of sp³-hybridized carbons (Fsp3) is 0.333. The van der Waals surface area contributed by atoms with Crippen LogP contribution in [-0.2, 0) is 15.7 Å². The summed E-state index contributed by atoms with van der Waals surface area (Å²) < 4.78 is 44.7. The van der Waals surface area contributed by atoms with Gasteiger partial charge in [0.1, 0.15) is 6.04 Å². The Hall–Kier alpha value is -2.65. The van der Waals surface area contributed by atoms with E-state index in [1.807, 2.05) is 24.3 Å². The van der Waals surface area contributed by atoms with Crippen molar-refractivity contribution in [1.29, 1.82) is 0 Å². The predicted octanol–water partition coefficient (Wildman–Crippen LogP) is 4.07. The van der Waals surface area contributed by atoms with Crippen molar-refractivity contribution in [2.75, 3.05) is 41.0 Å². The smallest absolute Gasteiger partial charge is 0.378 e. The molecule has 2 saturated heterocycles. The highest BCUT2D eigenvalue weighted by molar-refractivity contribution is 7.81. The van der Waals surface area contributed by atoms with Gasteiger partial charge in [-0.1, -0.05) is 6.07 Å². The van der Waals surface area contributed by atoms with E-state index >= 15 is 0 Å². The van der Waals surface area contributed by atoms with Crippen LogP contribution >= 0.6 is 12.2 Å². The van der Waals surface area contributed by atoms with Crippen LogP contribution in [0.25, 0.3) is 0 Å². The first-order chi connectivity index (χ1) is 14.3. The number of hydrogen-bond donors (Lipinski definition) is 0. The molecule has 0 N–H and O–H groups in total. The zero-order valence-electron chi connectivity index (χ0n) is 16.2. The molecule has 0 aromatic heterocycles. The largest absolute Gasteiger partial charge is 0.416 e. The quantitative estimate of drug-likeness (QED) is 0.680. The number of morpholine rings is 1. The van der Waals surface area contributed by atoms with Crippen LogP contribution in [0.1, 0.15) is 12.5 Å². The molecule has 1 atom stereocenters. The van der Waals surface area contributed by atoms with Crippen molar-refractivity contribution in [3.05, 3.63) is 54.1 Å². The van der Waals surface area contributed by atoms with Crippen molar-refractivity contribution < 1.29 is 22.7 Å². The van der Waals surface area contributed by atoms with Crippen LogP contribution in [0, 0.1) is 0 Å². The summed E-state index contributed by atoms with van der Waals surface area (Å²) in [7, 11) is 0. The third kappa shape index (κ3) is 3.75. The summed E-state index contributed by atoms with van der Waals surface area (Å²) in [5, 5.41) is 0.158. The second-order valence-electron chi connectivity index (χ2n) is 7.17. The molecule has 2 aromatic carbocycles. The molecular weight excluding hydrogens is 415 g/mol. The van der Waals surface area contributed by atoms with E-state index < -0.39 is 17.8 Å². The molecule has 0 saturated carbocycles. The van der Waals surface area contributed by atoms with Gasteiger partial charge in [0.05, 0.1) is 24.5 Å². The van der Waals surface area contributed by atoms with E-state index in [1.54, 1.807) is 11.8 Å². The lowest BCUT2D eigenvalue weighted by Gasteiger charge is -2.29. The summed E-state index contributed by atoms with van der Waals surface area (Å²) in [5.41, 5.74) is 1.05. The Kier molecular flexibility index (Phi) is 5.42. The van der Waals surface area contributed by atoms with Crippen LogP contribution in [0.15, 0.2) is 48.5 Å². The molecule has 1 amide bonds. The highest BCUT2D eigenvalue weighted by atomic mass is 32.1. The standard InChI is InChI=1S/C21H20F3N3O2S/c1-14-19(28)27(18-4-2-3-15(13-18)21(22,23)24)20(30)26(14)17-7-5-16(6-8-17)25-9-11-29-12-10-25/h2-8,13-14H,9-12H2,1H3. The van der Waals surface area contributed by atoms with Crippen molar-refractivity contribution in [2.24, 2.45) is 0 Å². The maximum atomic E-state index is 13.1. The summed E-state index contributed by atoms with van der Waals surface area (Å²) >= 11 is 5.50. The maximum Gasteiger partial charge on any atom is 0.416 e. The summed E-state index contributed by atoms with van der Waals surface area (Å²) in [6.45, 7) is 4.66. The normalized spacial score (nSPS) is 20.3. The summed E-state index contributed by atoms with van der Waals surface area (Å²) in [4.78, 5) is 17.9. The molecule has 9 heteroatoms. The lowest BCUT2D eigenvalue weighted by molar-refractivity contribution is -0.137. The lowest BCUT2D eigenvalue weighted by Crippen LogP contribution is -2.36. The number of thiocarbonyl (C=S) groups is 1. The molecule has 2 aromatic rings. The average Bonchev–Trinajstić information content (AvgIpc) is 2.96. The number of rotatable bonds is 3. The Morgan fingerprint density at radius 1 is 1.00 bits per heavy atom. The Morgan fingerprint density at radius 2 is 1.63 bits per heavy atom. The number of hydrogen-bond acceptors (Lipinski definition) is 4. The molecule has 0 aliphatic carbocycles. The molecule has 0 bridgehead atoms. The fourth-order valence-corrected chi connectivity index (χ4v) is 4.16. The number of halogens is 3. The Morgan fingerprint density at radius 3 is 2.27 bits per heavy atom. The van der Waals surface area contributed by atoms with Crippen LogP contribution in [0.3, 0.4) is 0 Å². The van der Waals surface area contributed by atoms with E-state index in [0.29, 0.717) is 18.9 Å². The Bertz CT molecular complexity index is 959. The van der Waals surface area contributed by atoms with Gasteiger partial charge in [0.15, 0.2) is 5.11 Å². The first-order valence-corrected chi connectivity index (χ1v) is 9.95. The molecule has 2 aliphatic heterocycles. The second-order valence-corrected chi connectivity index (χ2v) is 7.53. The number of anilines is 3. The topological polar surface area (TPSA) is 36.0 Å². The molecule has 0 radical (unpaired) electrons. The molecule has 158 valence electrons.